The lowest BCUT2D eigenvalue weighted by Crippen LogP contribution is -2.49. The topological polar surface area (TPSA) is 59.8 Å². The van der Waals surface area contributed by atoms with E-state index in [2.05, 4.69) is 4.90 Å². The number of benzene rings is 3. The fraction of sp³-hybridized carbons (Fsp3) is 0.241. The molecule has 0 saturated carbocycles. The third-order valence-electron chi connectivity index (χ3n) is 6.41. The van der Waals surface area contributed by atoms with Crippen LogP contribution < -0.4 is 9.47 Å². The van der Waals surface area contributed by atoms with E-state index in [0.29, 0.717) is 31.0 Å². The smallest absolute Gasteiger partial charge is 0.257 e. The number of nitrogens with zero attached hydrogens (tertiary/aromatic N) is 4. The van der Waals surface area contributed by atoms with Gasteiger partial charge in [0.15, 0.2) is 0 Å². The number of para-hydroxylation sites is 1. The van der Waals surface area contributed by atoms with Crippen molar-refractivity contribution in [3.8, 4) is 28.4 Å². The summed E-state index contributed by atoms with van der Waals surface area (Å²) in [5, 5.41) is 4.80. The van der Waals surface area contributed by atoms with Gasteiger partial charge in [0.05, 0.1) is 18.4 Å². The van der Waals surface area contributed by atoms with E-state index in [4.69, 9.17) is 14.6 Å². The van der Waals surface area contributed by atoms with Crippen LogP contribution in [0.2, 0.25) is 0 Å². The van der Waals surface area contributed by atoms with E-state index in [0.717, 1.165) is 42.4 Å². The first-order chi connectivity index (χ1) is 17.7. The van der Waals surface area contributed by atoms with Gasteiger partial charge < -0.3 is 14.4 Å². The Morgan fingerprint density at radius 3 is 2.14 bits per heavy atom. The normalized spacial score (nSPS) is 14.0. The Morgan fingerprint density at radius 1 is 0.833 bits per heavy atom. The summed E-state index contributed by atoms with van der Waals surface area (Å²) in [6, 6.07) is 27.4. The minimum atomic E-state index is 0.0187. The van der Waals surface area contributed by atoms with Gasteiger partial charge in [-0.1, -0.05) is 48.5 Å². The van der Waals surface area contributed by atoms with Crippen molar-refractivity contribution in [2.24, 2.45) is 0 Å². The molecule has 0 aliphatic carbocycles. The van der Waals surface area contributed by atoms with Gasteiger partial charge in [-0.2, -0.15) is 5.10 Å². The van der Waals surface area contributed by atoms with E-state index in [-0.39, 0.29) is 5.91 Å². The molecule has 5 rings (SSSR count). The van der Waals surface area contributed by atoms with Gasteiger partial charge in [0.2, 0.25) is 0 Å². The second kappa shape index (κ2) is 11.1. The van der Waals surface area contributed by atoms with Crippen LogP contribution in [0.5, 0.6) is 11.5 Å². The molecule has 0 spiro atoms. The molecular weight excluding hydrogens is 452 g/mol. The molecule has 0 N–H and O–H groups in total. The Bertz CT molecular complexity index is 1270. The molecule has 0 radical (unpaired) electrons. The molecule has 7 heteroatoms. The molecule has 36 heavy (non-hydrogen) atoms. The third-order valence-corrected chi connectivity index (χ3v) is 6.41. The standard InChI is InChI=1S/C29H30N4O3/c1-35-25-12-14-26(15-13-25)36-21-20-31-16-18-32(19-17-31)29(34)27-22-33(24-10-6-3-7-11-24)30-28(27)23-8-4-2-5-9-23/h2-15,22H,16-21H2,1H3. The van der Waals surface area contributed by atoms with Crippen LogP contribution in [-0.2, 0) is 0 Å². The van der Waals surface area contributed by atoms with E-state index < -0.39 is 0 Å². The number of aromatic nitrogens is 2. The Hall–Kier alpha value is -4.10. The van der Waals surface area contributed by atoms with Crippen LogP contribution in [0.25, 0.3) is 16.9 Å². The molecule has 1 saturated heterocycles. The van der Waals surface area contributed by atoms with Crippen LogP contribution in [0.1, 0.15) is 10.4 Å². The van der Waals surface area contributed by atoms with Crippen molar-refractivity contribution < 1.29 is 14.3 Å². The molecule has 1 fully saturated rings. The van der Waals surface area contributed by atoms with Crippen LogP contribution in [0.4, 0.5) is 0 Å². The number of piperazine rings is 1. The number of carbonyl (C=O) groups excluding carboxylic acids is 1. The third kappa shape index (κ3) is 5.42. The van der Waals surface area contributed by atoms with Crippen molar-refractivity contribution in [3.63, 3.8) is 0 Å². The molecule has 3 aromatic carbocycles. The van der Waals surface area contributed by atoms with Crippen molar-refractivity contribution in [1.29, 1.82) is 0 Å². The lowest BCUT2D eigenvalue weighted by molar-refractivity contribution is 0.0621. The highest BCUT2D eigenvalue weighted by Gasteiger charge is 2.26. The Labute approximate surface area is 211 Å². The van der Waals surface area contributed by atoms with Gasteiger partial charge in [-0.25, -0.2) is 4.68 Å². The summed E-state index contributed by atoms with van der Waals surface area (Å²) in [7, 11) is 1.65. The fourth-order valence-corrected chi connectivity index (χ4v) is 4.36. The molecular formula is C29H30N4O3. The summed E-state index contributed by atoms with van der Waals surface area (Å²) in [6.45, 7) is 4.38. The van der Waals surface area contributed by atoms with E-state index >= 15 is 0 Å². The monoisotopic (exact) mass is 482 g/mol. The van der Waals surface area contributed by atoms with E-state index in [9.17, 15) is 4.79 Å². The summed E-state index contributed by atoms with van der Waals surface area (Å²) < 4.78 is 12.9. The number of rotatable bonds is 8. The van der Waals surface area contributed by atoms with Gasteiger partial charge in [-0.3, -0.25) is 9.69 Å². The number of methoxy groups -OCH3 is 1. The van der Waals surface area contributed by atoms with Crippen LogP contribution in [0.3, 0.4) is 0 Å². The SMILES string of the molecule is COc1ccc(OCCN2CCN(C(=O)c3cn(-c4ccccc4)nc3-c3ccccc3)CC2)cc1. The van der Waals surface area contributed by atoms with Gasteiger partial charge in [-0.05, 0) is 36.4 Å². The average Bonchev–Trinajstić information content (AvgIpc) is 3.40. The van der Waals surface area contributed by atoms with E-state index in [1.807, 2.05) is 96.0 Å². The largest absolute Gasteiger partial charge is 0.497 e. The minimum Gasteiger partial charge on any atom is -0.497 e. The Kier molecular flexibility index (Phi) is 7.28. The molecule has 0 bridgehead atoms. The van der Waals surface area contributed by atoms with Crippen molar-refractivity contribution in [2.45, 2.75) is 0 Å². The highest BCUT2D eigenvalue weighted by atomic mass is 16.5. The Balaban J connectivity index is 1.22. The first-order valence-corrected chi connectivity index (χ1v) is 12.2. The van der Waals surface area contributed by atoms with Crippen LogP contribution in [-0.4, -0.2) is 71.9 Å². The van der Waals surface area contributed by atoms with Crippen molar-refractivity contribution >= 4 is 5.91 Å². The maximum absolute atomic E-state index is 13.6. The fourth-order valence-electron chi connectivity index (χ4n) is 4.36. The number of carbonyl (C=O) groups is 1. The predicted octanol–water partition coefficient (Wildman–Crippen LogP) is 4.38. The van der Waals surface area contributed by atoms with Gasteiger partial charge in [0.1, 0.15) is 23.8 Å². The summed E-state index contributed by atoms with van der Waals surface area (Å²) in [6.07, 6.45) is 1.86. The highest BCUT2D eigenvalue weighted by Crippen LogP contribution is 2.25. The van der Waals surface area contributed by atoms with Crippen LogP contribution >= 0.6 is 0 Å². The van der Waals surface area contributed by atoms with Gasteiger partial charge >= 0.3 is 0 Å². The van der Waals surface area contributed by atoms with E-state index in [1.165, 1.54) is 0 Å². The molecule has 1 aliphatic rings. The molecule has 2 heterocycles. The second-order valence-corrected chi connectivity index (χ2v) is 8.70. The van der Waals surface area contributed by atoms with Gasteiger partial charge in [0, 0.05) is 44.5 Å². The molecule has 1 aliphatic heterocycles. The molecule has 0 atom stereocenters. The zero-order chi connectivity index (χ0) is 24.7. The summed E-state index contributed by atoms with van der Waals surface area (Å²) >= 11 is 0. The van der Waals surface area contributed by atoms with Crippen LogP contribution in [0.15, 0.2) is 91.1 Å². The highest BCUT2D eigenvalue weighted by molar-refractivity contribution is 6.00. The quantitative estimate of drug-likeness (QED) is 0.373. The molecule has 1 aromatic heterocycles. The van der Waals surface area contributed by atoms with Crippen molar-refractivity contribution in [1.82, 2.24) is 19.6 Å². The number of amides is 1. The zero-order valence-corrected chi connectivity index (χ0v) is 20.4. The van der Waals surface area contributed by atoms with Crippen molar-refractivity contribution in [3.05, 3.63) is 96.7 Å². The summed E-state index contributed by atoms with van der Waals surface area (Å²) in [5.74, 6) is 1.66. The molecule has 0 unspecified atom stereocenters. The molecule has 7 nitrogen and oxygen atoms in total. The van der Waals surface area contributed by atoms with Gasteiger partial charge in [0.25, 0.3) is 5.91 Å². The lowest BCUT2D eigenvalue weighted by Gasteiger charge is -2.34. The maximum Gasteiger partial charge on any atom is 0.257 e. The van der Waals surface area contributed by atoms with Crippen LogP contribution in [0, 0.1) is 0 Å². The van der Waals surface area contributed by atoms with Gasteiger partial charge in [-0.15, -0.1) is 0 Å². The molecule has 1 amide bonds. The Morgan fingerprint density at radius 2 is 1.47 bits per heavy atom. The maximum atomic E-state index is 13.6. The number of hydrogen-bond acceptors (Lipinski definition) is 5. The number of ether oxygens (including phenoxy) is 2. The second-order valence-electron chi connectivity index (χ2n) is 8.70. The first-order valence-electron chi connectivity index (χ1n) is 12.2. The average molecular weight is 483 g/mol. The summed E-state index contributed by atoms with van der Waals surface area (Å²) in [4.78, 5) is 17.9. The molecule has 184 valence electrons. The van der Waals surface area contributed by atoms with E-state index in [1.54, 1.807) is 11.8 Å². The van der Waals surface area contributed by atoms with Crippen molar-refractivity contribution in [2.75, 3.05) is 46.4 Å². The molecule has 4 aromatic rings. The summed E-state index contributed by atoms with van der Waals surface area (Å²) in [5.41, 5.74) is 3.20. The zero-order valence-electron chi connectivity index (χ0n) is 20.4. The predicted molar refractivity (Wildman–Crippen MR) is 140 cm³/mol. The lowest BCUT2D eigenvalue weighted by atomic mass is 10.1. The minimum absolute atomic E-state index is 0.0187. The number of hydrogen-bond donors (Lipinski definition) is 0. The first kappa shape index (κ1) is 23.6.